The molecule has 5 nitrogen and oxygen atoms in total. The number of aliphatic hydroxyl groups is 1. The largest absolute Gasteiger partial charge is 0.395 e. The predicted octanol–water partition coefficient (Wildman–Crippen LogP) is 3.50. The van der Waals surface area contributed by atoms with Gasteiger partial charge in [-0.2, -0.15) is 5.26 Å². The molecule has 0 aromatic rings. The van der Waals surface area contributed by atoms with E-state index in [0.29, 0.717) is 13.1 Å². The van der Waals surface area contributed by atoms with Crippen LogP contribution in [0.3, 0.4) is 0 Å². The van der Waals surface area contributed by atoms with Gasteiger partial charge < -0.3 is 15.3 Å². The maximum absolute atomic E-state index is 12.5. The van der Waals surface area contributed by atoms with Crippen molar-refractivity contribution >= 4 is 5.91 Å². The zero-order valence-corrected chi connectivity index (χ0v) is 15.8. The quantitative estimate of drug-likeness (QED) is 0.568. The van der Waals surface area contributed by atoms with Gasteiger partial charge in [-0.25, -0.2) is 0 Å². The monoisotopic (exact) mass is 349 g/mol. The molecule has 0 bridgehead atoms. The van der Waals surface area contributed by atoms with E-state index in [1.54, 1.807) is 11.1 Å². The first kappa shape index (κ1) is 21.5. The molecule has 0 saturated heterocycles. The molecule has 142 valence electrons. The minimum absolute atomic E-state index is 0.00723. The Morgan fingerprint density at radius 2 is 1.64 bits per heavy atom. The summed E-state index contributed by atoms with van der Waals surface area (Å²) in [6.07, 6.45) is 14.9. The van der Waals surface area contributed by atoms with Crippen molar-refractivity contribution in [2.45, 2.75) is 83.6 Å². The molecule has 1 amide bonds. The summed E-state index contributed by atoms with van der Waals surface area (Å²) >= 11 is 0. The number of hydrogen-bond acceptors (Lipinski definition) is 4. The van der Waals surface area contributed by atoms with Gasteiger partial charge >= 0.3 is 0 Å². The Bertz CT molecular complexity index is 431. The fraction of sp³-hybridized carbons (Fsp3) is 0.800. The van der Waals surface area contributed by atoms with Gasteiger partial charge in [-0.15, -0.1) is 0 Å². The van der Waals surface area contributed by atoms with Crippen molar-refractivity contribution in [1.82, 2.24) is 10.2 Å². The highest BCUT2D eigenvalue weighted by Crippen LogP contribution is 2.17. The van der Waals surface area contributed by atoms with Crippen LogP contribution in [0.2, 0.25) is 0 Å². The molecule has 1 aliphatic carbocycles. The van der Waals surface area contributed by atoms with Crippen molar-refractivity contribution in [3.05, 3.63) is 11.8 Å². The minimum Gasteiger partial charge on any atom is -0.395 e. The average molecular weight is 350 g/mol. The molecular formula is C20H35N3O2. The molecular weight excluding hydrogens is 314 g/mol. The van der Waals surface area contributed by atoms with E-state index in [2.05, 4.69) is 5.32 Å². The van der Waals surface area contributed by atoms with E-state index in [0.717, 1.165) is 25.7 Å². The number of carbonyl (C=O) groups excluding carboxylic acids is 1. The number of hydrogen-bond donors (Lipinski definition) is 2. The van der Waals surface area contributed by atoms with E-state index >= 15 is 0 Å². The first-order valence-electron chi connectivity index (χ1n) is 9.99. The SMILES string of the molecule is CCN(/C=C(/C#N)C(=O)NC1CCCCCCCCCCC1)CCO. The predicted molar refractivity (Wildman–Crippen MR) is 101 cm³/mol. The van der Waals surface area contributed by atoms with Crippen LogP contribution in [0.4, 0.5) is 0 Å². The van der Waals surface area contributed by atoms with Crippen LogP contribution in [0, 0.1) is 11.3 Å². The molecule has 1 saturated carbocycles. The van der Waals surface area contributed by atoms with E-state index in [1.165, 1.54) is 44.9 Å². The number of nitrogens with one attached hydrogen (secondary N) is 1. The second-order valence-electron chi connectivity index (χ2n) is 6.94. The Hall–Kier alpha value is -1.54. The molecule has 0 aliphatic heterocycles. The number of carbonyl (C=O) groups is 1. The van der Waals surface area contributed by atoms with E-state index in [-0.39, 0.29) is 24.1 Å². The summed E-state index contributed by atoms with van der Waals surface area (Å²) in [4.78, 5) is 14.3. The van der Waals surface area contributed by atoms with E-state index in [4.69, 9.17) is 5.11 Å². The zero-order chi connectivity index (χ0) is 18.3. The minimum atomic E-state index is -0.281. The zero-order valence-electron chi connectivity index (χ0n) is 15.8. The highest BCUT2D eigenvalue weighted by Gasteiger charge is 2.16. The molecule has 0 heterocycles. The van der Waals surface area contributed by atoms with Gasteiger partial charge in [0.1, 0.15) is 11.6 Å². The number of nitriles is 1. The highest BCUT2D eigenvalue weighted by molar-refractivity contribution is 5.97. The Labute approximate surface area is 153 Å². The van der Waals surface area contributed by atoms with Gasteiger partial charge in [0, 0.05) is 25.3 Å². The molecule has 1 fully saturated rings. The second kappa shape index (κ2) is 13.7. The van der Waals surface area contributed by atoms with Crippen LogP contribution in [0.1, 0.15) is 77.6 Å². The summed E-state index contributed by atoms with van der Waals surface area (Å²) in [5.41, 5.74) is 0.126. The van der Waals surface area contributed by atoms with Gasteiger partial charge in [0.15, 0.2) is 0 Å². The molecule has 5 heteroatoms. The van der Waals surface area contributed by atoms with Crippen molar-refractivity contribution < 1.29 is 9.90 Å². The molecule has 2 N–H and O–H groups in total. The van der Waals surface area contributed by atoms with Gasteiger partial charge in [-0.05, 0) is 19.8 Å². The molecule has 1 rings (SSSR count). The lowest BCUT2D eigenvalue weighted by atomic mass is 9.97. The topological polar surface area (TPSA) is 76.4 Å². The van der Waals surface area contributed by atoms with Gasteiger partial charge in [0.05, 0.1) is 6.61 Å². The van der Waals surface area contributed by atoms with Crippen LogP contribution in [-0.4, -0.2) is 41.7 Å². The van der Waals surface area contributed by atoms with Gasteiger partial charge in [0.25, 0.3) is 5.91 Å². The summed E-state index contributed by atoms with van der Waals surface area (Å²) in [7, 11) is 0. The first-order chi connectivity index (χ1) is 12.2. The van der Waals surface area contributed by atoms with Crippen molar-refractivity contribution in [3.8, 4) is 6.07 Å². The summed E-state index contributed by atoms with van der Waals surface area (Å²) in [5, 5.41) is 21.4. The molecule has 25 heavy (non-hydrogen) atoms. The van der Waals surface area contributed by atoms with Crippen LogP contribution in [-0.2, 0) is 4.79 Å². The lowest BCUT2D eigenvalue weighted by molar-refractivity contribution is -0.118. The fourth-order valence-corrected chi connectivity index (χ4v) is 3.33. The highest BCUT2D eigenvalue weighted by atomic mass is 16.3. The molecule has 0 radical (unpaired) electrons. The molecule has 0 aromatic carbocycles. The maximum atomic E-state index is 12.5. The summed E-state index contributed by atoms with van der Waals surface area (Å²) in [6, 6.07) is 2.17. The molecule has 1 aliphatic rings. The third-order valence-electron chi connectivity index (χ3n) is 4.91. The molecule has 0 spiro atoms. The van der Waals surface area contributed by atoms with Crippen LogP contribution in [0.5, 0.6) is 0 Å². The fourth-order valence-electron chi connectivity index (χ4n) is 3.33. The number of likely N-dealkylation sites (N-methyl/N-ethyl adjacent to an activating group) is 1. The Balaban J connectivity index is 2.61. The molecule has 0 atom stereocenters. The standard InChI is InChI=1S/C20H35N3O2/c1-2-23(14-15-24)17-18(16-21)20(25)22-19-12-10-8-6-4-3-5-7-9-11-13-19/h17,19,24H,2-15H2,1H3,(H,22,25)/b18-17-. The van der Waals surface area contributed by atoms with Crippen molar-refractivity contribution in [2.24, 2.45) is 0 Å². The van der Waals surface area contributed by atoms with E-state index in [1.807, 2.05) is 13.0 Å². The average Bonchev–Trinajstić information content (AvgIpc) is 2.60. The Morgan fingerprint density at radius 1 is 1.12 bits per heavy atom. The second-order valence-corrected chi connectivity index (χ2v) is 6.94. The van der Waals surface area contributed by atoms with Gasteiger partial charge in [-0.3, -0.25) is 4.79 Å². The summed E-state index contributed by atoms with van der Waals surface area (Å²) in [5.74, 6) is -0.281. The number of nitrogens with zero attached hydrogens (tertiary/aromatic N) is 2. The summed E-state index contributed by atoms with van der Waals surface area (Å²) in [6.45, 7) is 3.03. The smallest absolute Gasteiger partial charge is 0.263 e. The van der Waals surface area contributed by atoms with E-state index < -0.39 is 0 Å². The Kier molecular flexibility index (Phi) is 11.8. The number of aliphatic hydroxyl groups excluding tert-OH is 1. The third-order valence-corrected chi connectivity index (χ3v) is 4.91. The van der Waals surface area contributed by atoms with Gasteiger partial charge in [0.2, 0.25) is 0 Å². The molecule has 0 unspecified atom stereocenters. The van der Waals surface area contributed by atoms with Crippen molar-refractivity contribution in [2.75, 3.05) is 19.7 Å². The Morgan fingerprint density at radius 3 is 2.08 bits per heavy atom. The van der Waals surface area contributed by atoms with E-state index in [9.17, 15) is 10.1 Å². The maximum Gasteiger partial charge on any atom is 0.263 e. The number of rotatable bonds is 6. The number of amides is 1. The van der Waals surface area contributed by atoms with Crippen LogP contribution in [0.25, 0.3) is 0 Å². The van der Waals surface area contributed by atoms with Crippen LogP contribution < -0.4 is 5.32 Å². The van der Waals surface area contributed by atoms with Crippen LogP contribution in [0.15, 0.2) is 11.8 Å². The lowest BCUT2D eigenvalue weighted by Crippen LogP contribution is -2.36. The normalized spacial score (nSPS) is 18.5. The lowest BCUT2D eigenvalue weighted by Gasteiger charge is -2.21. The molecule has 0 aromatic heterocycles. The van der Waals surface area contributed by atoms with Gasteiger partial charge in [-0.1, -0.05) is 57.8 Å². The van der Waals surface area contributed by atoms with Crippen molar-refractivity contribution in [1.29, 1.82) is 5.26 Å². The van der Waals surface area contributed by atoms with Crippen LogP contribution >= 0.6 is 0 Å². The van der Waals surface area contributed by atoms with Crippen molar-refractivity contribution in [3.63, 3.8) is 0 Å². The third kappa shape index (κ3) is 9.50. The first-order valence-corrected chi connectivity index (χ1v) is 9.99. The summed E-state index contributed by atoms with van der Waals surface area (Å²) < 4.78 is 0.